The van der Waals surface area contributed by atoms with Gasteiger partial charge in [-0.2, -0.15) is 0 Å². The van der Waals surface area contributed by atoms with Crippen LogP contribution >= 0.6 is 0 Å². The quantitative estimate of drug-likeness (QED) is 0.712. The van der Waals surface area contributed by atoms with Gasteiger partial charge in [-0.25, -0.2) is 0 Å². The third-order valence-corrected chi connectivity index (χ3v) is 3.28. The van der Waals surface area contributed by atoms with Crippen molar-refractivity contribution in [2.45, 2.75) is 13.0 Å². The van der Waals surface area contributed by atoms with Crippen LogP contribution in [0.25, 0.3) is 5.65 Å². The molecule has 0 aliphatic rings. The first-order chi connectivity index (χ1) is 9.25. The molecule has 2 heterocycles. The molecule has 0 amide bonds. The first-order valence-electron chi connectivity index (χ1n) is 6.09. The number of hydrogen-bond acceptors (Lipinski definition) is 5. The lowest BCUT2D eigenvalue weighted by atomic mass is 10.1. The monoisotopic (exact) mass is 254 g/mol. The molecule has 6 nitrogen and oxygen atoms in total. The smallest absolute Gasteiger partial charge is 0.200 e. The van der Waals surface area contributed by atoms with E-state index in [4.69, 9.17) is 0 Å². The van der Waals surface area contributed by atoms with Crippen LogP contribution in [0, 0.1) is 0 Å². The molecule has 0 aliphatic heterocycles. The molecule has 0 spiro atoms. The minimum absolute atomic E-state index is 0.225. The topological polar surface area (TPSA) is 59.2 Å². The summed E-state index contributed by atoms with van der Waals surface area (Å²) in [7, 11) is 2.01. The van der Waals surface area contributed by atoms with Crippen LogP contribution in [0.1, 0.15) is 18.5 Å². The Labute approximate surface area is 110 Å². The fourth-order valence-electron chi connectivity index (χ4n) is 1.98. The lowest BCUT2D eigenvalue weighted by Gasteiger charge is -2.25. The fraction of sp³-hybridized carbons (Fsp3) is 0.231. The van der Waals surface area contributed by atoms with Gasteiger partial charge in [-0.05, 0) is 35.0 Å². The summed E-state index contributed by atoms with van der Waals surface area (Å²) in [6, 6.07) is 14.3. The van der Waals surface area contributed by atoms with Crippen LogP contribution in [0.5, 0.6) is 0 Å². The predicted molar refractivity (Wildman–Crippen MR) is 71.8 cm³/mol. The number of aromatic nitrogens is 5. The van der Waals surface area contributed by atoms with Crippen molar-refractivity contribution in [2.75, 3.05) is 11.9 Å². The Hall–Kier alpha value is -2.50. The van der Waals surface area contributed by atoms with Crippen molar-refractivity contribution in [3.8, 4) is 0 Å². The Morgan fingerprint density at radius 1 is 1.11 bits per heavy atom. The number of fused-ring (bicyclic) bond motifs is 1. The lowest BCUT2D eigenvalue weighted by Crippen LogP contribution is -2.23. The first-order valence-corrected chi connectivity index (χ1v) is 6.09. The van der Waals surface area contributed by atoms with Gasteiger partial charge in [0.2, 0.25) is 0 Å². The number of anilines is 1. The molecule has 0 radical (unpaired) electrons. The molecule has 2 aromatic heterocycles. The summed E-state index contributed by atoms with van der Waals surface area (Å²) in [5.74, 6) is 0.830. The predicted octanol–water partition coefficient (Wildman–Crippen LogP) is 1.72. The highest BCUT2D eigenvalue weighted by Gasteiger charge is 2.14. The Bertz CT molecular complexity index is 678. The summed E-state index contributed by atoms with van der Waals surface area (Å²) in [5, 5.41) is 15.6. The molecule has 0 N–H and O–H groups in total. The summed E-state index contributed by atoms with van der Waals surface area (Å²) in [6.45, 7) is 2.14. The molecule has 0 bridgehead atoms. The molecule has 19 heavy (non-hydrogen) atoms. The SMILES string of the molecule is C[C@H](c1ccccc1)N(C)c1ccc2nnnn2n1. The summed E-state index contributed by atoms with van der Waals surface area (Å²) in [5.41, 5.74) is 1.88. The lowest BCUT2D eigenvalue weighted by molar-refractivity contribution is 0.684. The third kappa shape index (κ3) is 2.12. The van der Waals surface area contributed by atoms with E-state index in [2.05, 4.69) is 44.6 Å². The average Bonchev–Trinajstić information content (AvgIpc) is 2.94. The van der Waals surface area contributed by atoms with Gasteiger partial charge in [0, 0.05) is 7.05 Å². The normalized spacial score (nSPS) is 12.5. The van der Waals surface area contributed by atoms with E-state index in [1.54, 1.807) is 0 Å². The van der Waals surface area contributed by atoms with Crippen molar-refractivity contribution < 1.29 is 0 Å². The van der Waals surface area contributed by atoms with Crippen molar-refractivity contribution in [1.82, 2.24) is 25.3 Å². The highest BCUT2D eigenvalue weighted by Crippen LogP contribution is 2.23. The molecule has 3 rings (SSSR count). The Morgan fingerprint density at radius 2 is 1.89 bits per heavy atom. The van der Waals surface area contributed by atoms with Crippen LogP contribution in [-0.2, 0) is 0 Å². The first kappa shape index (κ1) is 11.6. The standard InChI is InChI=1S/C13H14N6/c1-10(11-6-4-3-5-7-11)18(2)13-9-8-12-14-16-17-19(12)15-13/h3-10H,1-2H3/t10-/m1/s1. The second-order valence-corrected chi connectivity index (χ2v) is 4.42. The minimum Gasteiger partial charge on any atom is -0.351 e. The zero-order chi connectivity index (χ0) is 13.2. The van der Waals surface area contributed by atoms with Crippen molar-refractivity contribution >= 4 is 11.5 Å². The van der Waals surface area contributed by atoms with E-state index in [0.29, 0.717) is 5.65 Å². The second kappa shape index (κ2) is 4.64. The van der Waals surface area contributed by atoms with E-state index >= 15 is 0 Å². The maximum absolute atomic E-state index is 4.39. The van der Waals surface area contributed by atoms with E-state index < -0.39 is 0 Å². The summed E-state index contributed by atoms with van der Waals surface area (Å²) < 4.78 is 1.43. The third-order valence-electron chi connectivity index (χ3n) is 3.28. The maximum atomic E-state index is 4.39. The maximum Gasteiger partial charge on any atom is 0.200 e. The van der Waals surface area contributed by atoms with Crippen molar-refractivity contribution in [3.63, 3.8) is 0 Å². The molecule has 0 saturated carbocycles. The molecular weight excluding hydrogens is 240 g/mol. The summed E-state index contributed by atoms with van der Waals surface area (Å²) in [6.07, 6.45) is 0. The van der Waals surface area contributed by atoms with Gasteiger partial charge in [-0.3, -0.25) is 0 Å². The Kier molecular flexibility index (Phi) is 2.83. The number of tetrazole rings is 1. The van der Waals surface area contributed by atoms with Gasteiger partial charge in [0.1, 0.15) is 0 Å². The van der Waals surface area contributed by atoms with E-state index in [0.717, 1.165) is 5.82 Å². The molecule has 1 aromatic carbocycles. The van der Waals surface area contributed by atoms with Gasteiger partial charge in [-0.15, -0.1) is 14.8 Å². The van der Waals surface area contributed by atoms with Crippen LogP contribution in [0.2, 0.25) is 0 Å². The largest absolute Gasteiger partial charge is 0.351 e. The van der Waals surface area contributed by atoms with Crippen LogP contribution in [-0.4, -0.2) is 32.3 Å². The Morgan fingerprint density at radius 3 is 2.68 bits per heavy atom. The average molecular weight is 254 g/mol. The highest BCUT2D eigenvalue weighted by molar-refractivity contribution is 5.45. The molecule has 0 saturated heterocycles. The van der Waals surface area contributed by atoms with Gasteiger partial charge in [0.05, 0.1) is 6.04 Å². The molecule has 96 valence electrons. The van der Waals surface area contributed by atoms with Crippen LogP contribution in [0.15, 0.2) is 42.5 Å². The molecule has 0 unspecified atom stereocenters. The van der Waals surface area contributed by atoms with Gasteiger partial charge in [-0.1, -0.05) is 30.3 Å². The molecule has 1 atom stereocenters. The van der Waals surface area contributed by atoms with Crippen molar-refractivity contribution in [2.24, 2.45) is 0 Å². The zero-order valence-corrected chi connectivity index (χ0v) is 10.8. The van der Waals surface area contributed by atoms with Crippen LogP contribution < -0.4 is 4.90 Å². The number of hydrogen-bond donors (Lipinski definition) is 0. The molecule has 0 aliphatic carbocycles. The van der Waals surface area contributed by atoms with E-state index in [1.165, 1.54) is 10.2 Å². The summed E-state index contributed by atoms with van der Waals surface area (Å²) >= 11 is 0. The van der Waals surface area contributed by atoms with E-state index in [1.807, 2.05) is 37.4 Å². The van der Waals surface area contributed by atoms with Gasteiger partial charge >= 0.3 is 0 Å². The second-order valence-electron chi connectivity index (χ2n) is 4.42. The fourth-order valence-corrected chi connectivity index (χ4v) is 1.98. The van der Waals surface area contributed by atoms with Crippen molar-refractivity contribution in [1.29, 1.82) is 0 Å². The van der Waals surface area contributed by atoms with E-state index in [-0.39, 0.29) is 6.04 Å². The van der Waals surface area contributed by atoms with Crippen molar-refractivity contribution in [3.05, 3.63) is 48.0 Å². The van der Waals surface area contributed by atoms with E-state index in [9.17, 15) is 0 Å². The number of benzene rings is 1. The zero-order valence-electron chi connectivity index (χ0n) is 10.8. The molecule has 0 fully saturated rings. The molecular formula is C13H14N6. The van der Waals surface area contributed by atoms with Gasteiger partial charge in [0.25, 0.3) is 0 Å². The highest BCUT2D eigenvalue weighted by atomic mass is 15.6. The number of rotatable bonds is 3. The number of nitrogens with zero attached hydrogens (tertiary/aromatic N) is 6. The Balaban J connectivity index is 1.92. The van der Waals surface area contributed by atoms with Crippen LogP contribution in [0.3, 0.4) is 0 Å². The molecule has 6 heteroatoms. The summed E-state index contributed by atoms with van der Waals surface area (Å²) in [4.78, 5) is 2.09. The van der Waals surface area contributed by atoms with Gasteiger partial charge < -0.3 is 4.90 Å². The van der Waals surface area contributed by atoms with Crippen LogP contribution in [0.4, 0.5) is 5.82 Å². The minimum atomic E-state index is 0.225. The molecule has 3 aromatic rings. The van der Waals surface area contributed by atoms with Gasteiger partial charge in [0.15, 0.2) is 11.5 Å².